The van der Waals surface area contributed by atoms with Gasteiger partial charge in [0.05, 0.1) is 0 Å². The minimum atomic E-state index is 0.561. The first-order chi connectivity index (χ1) is 8.76. The lowest BCUT2D eigenvalue weighted by atomic mass is 10.0. The van der Waals surface area contributed by atoms with Crippen LogP contribution in [0.25, 0.3) is 0 Å². The van der Waals surface area contributed by atoms with E-state index in [9.17, 15) is 0 Å². The van der Waals surface area contributed by atoms with Crippen LogP contribution < -0.4 is 11.1 Å². The molecule has 3 saturated carbocycles. The van der Waals surface area contributed by atoms with Gasteiger partial charge in [0.15, 0.2) is 5.16 Å². The van der Waals surface area contributed by atoms with Gasteiger partial charge in [0, 0.05) is 12.1 Å². The Morgan fingerprint density at radius 2 is 2.00 bits per heavy atom. The molecule has 3 fully saturated rings. The van der Waals surface area contributed by atoms with E-state index in [0.29, 0.717) is 11.9 Å². The van der Waals surface area contributed by atoms with E-state index in [0.717, 1.165) is 34.6 Å². The first-order valence-electron chi connectivity index (χ1n) is 6.71. The van der Waals surface area contributed by atoms with Crippen molar-refractivity contribution in [2.45, 2.75) is 30.5 Å². The zero-order chi connectivity index (χ0) is 12.3. The Hall–Kier alpha value is -0.970. The molecule has 0 amide bonds. The Morgan fingerprint density at radius 3 is 2.67 bits per heavy atom. The highest BCUT2D eigenvalue weighted by molar-refractivity contribution is 7.98. The Morgan fingerprint density at radius 1 is 1.28 bits per heavy atom. The molecule has 0 aromatic carbocycles. The van der Waals surface area contributed by atoms with Crippen LogP contribution in [-0.4, -0.2) is 22.3 Å². The second kappa shape index (κ2) is 3.76. The Balaban J connectivity index is 1.51. The molecule has 18 heavy (non-hydrogen) atoms. The van der Waals surface area contributed by atoms with Crippen LogP contribution in [0.15, 0.2) is 11.2 Å². The predicted octanol–water partition coefficient (Wildman–Crippen LogP) is 2.24. The van der Waals surface area contributed by atoms with Gasteiger partial charge in [0.1, 0.15) is 11.6 Å². The van der Waals surface area contributed by atoms with E-state index >= 15 is 0 Å². The standard InChI is InChI=1S/C13H18N4S/c1-18-13-15-8(14)5-9(17-13)16-12-10-6-2-3-7(4-6)11(10)12/h5-7,10-12H,2-4H2,1H3,(H3,14,15,16,17). The smallest absolute Gasteiger partial charge is 0.191 e. The van der Waals surface area contributed by atoms with E-state index in [2.05, 4.69) is 15.3 Å². The zero-order valence-electron chi connectivity index (χ0n) is 10.5. The van der Waals surface area contributed by atoms with Crippen LogP contribution in [-0.2, 0) is 0 Å². The maximum atomic E-state index is 5.81. The maximum Gasteiger partial charge on any atom is 0.191 e. The number of nitrogens with zero attached hydrogens (tertiary/aromatic N) is 2. The number of nitrogens with two attached hydrogens (primary N) is 1. The van der Waals surface area contributed by atoms with Gasteiger partial charge >= 0.3 is 0 Å². The summed E-state index contributed by atoms with van der Waals surface area (Å²) < 4.78 is 0. The molecule has 1 aromatic rings. The number of nitrogens with one attached hydrogen (secondary N) is 1. The van der Waals surface area contributed by atoms with Gasteiger partial charge < -0.3 is 11.1 Å². The lowest BCUT2D eigenvalue weighted by molar-refractivity contribution is 0.456. The molecule has 0 saturated heterocycles. The van der Waals surface area contributed by atoms with Crippen LogP contribution in [0.4, 0.5) is 11.6 Å². The van der Waals surface area contributed by atoms with Gasteiger partial charge in [0.2, 0.25) is 0 Å². The summed E-state index contributed by atoms with van der Waals surface area (Å²) in [5.74, 6) is 5.26. The van der Waals surface area contributed by atoms with Crippen molar-refractivity contribution >= 4 is 23.4 Å². The van der Waals surface area contributed by atoms with Crippen molar-refractivity contribution in [3.05, 3.63) is 6.07 Å². The first kappa shape index (κ1) is 10.9. The molecule has 0 radical (unpaired) electrons. The topological polar surface area (TPSA) is 63.8 Å². The van der Waals surface area contributed by atoms with Crippen molar-refractivity contribution in [3.63, 3.8) is 0 Å². The van der Waals surface area contributed by atoms with Crippen molar-refractivity contribution in [1.82, 2.24) is 9.97 Å². The summed E-state index contributed by atoms with van der Waals surface area (Å²) in [6.45, 7) is 0. The fraction of sp³-hybridized carbons (Fsp3) is 0.692. The number of hydrogen-bond donors (Lipinski definition) is 2. The predicted molar refractivity (Wildman–Crippen MR) is 73.4 cm³/mol. The first-order valence-corrected chi connectivity index (χ1v) is 7.94. The molecular weight excluding hydrogens is 244 g/mol. The molecule has 3 N–H and O–H groups in total. The van der Waals surface area contributed by atoms with Gasteiger partial charge in [-0.15, -0.1) is 0 Å². The third-order valence-corrected chi connectivity index (χ3v) is 5.51. The summed E-state index contributed by atoms with van der Waals surface area (Å²) in [5.41, 5.74) is 5.81. The number of anilines is 2. The van der Waals surface area contributed by atoms with Crippen molar-refractivity contribution < 1.29 is 0 Å². The van der Waals surface area contributed by atoms with Crippen LogP contribution in [0.3, 0.4) is 0 Å². The molecule has 96 valence electrons. The highest BCUT2D eigenvalue weighted by Crippen LogP contribution is 2.66. The molecule has 5 heteroatoms. The van der Waals surface area contributed by atoms with Gasteiger partial charge in [-0.2, -0.15) is 0 Å². The summed E-state index contributed by atoms with van der Waals surface area (Å²) in [4.78, 5) is 8.67. The summed E-state index contributed by atoms with van der Waals surface area (Å²) >= 11 is 1.54. The normalized spacial score (nSPS) is 39.7. The molecule has 3 aliphatic carbocycles. The Kier molecular flexibility index (Phi) is 2.28. The number of hydrogen-bond acceptors (Lipinski definition) is 5. The number of rotatable bonds is 3. The summed E-state index contributed by atoms with van der Waals surface area (Å²) in [7, 11) is 0. The van der Waals surface area contributed by atoms with Crippen molar-refractivity contribution in [2.24, 2.45) is 23.7 Å². The lowest BCUT2D eigenvalue weighted by Crippen LogP contribution is -2.14. The van der Waals surface area contributed by atoms with Crippen LogP contribution in [0.1, 0.15) is 19.3 Å². The quantitative estimate of drug-likeness (QED) is 0.646. The highest BCUT2D eigenvalue weighted by atomic mass is 32.2. The van der Waals surface area contributed by atoms with E-state index < -0.39 is 0 Å². The molecule has 1 heterocycles. The number of aromatic nitrogens is 2. The second-order valence-electron chi connectivity index (χ2n) is 5.82. The Labute approximate surface area is 111 Å². The highest BCUT2D eigenvalue weighted by Gasteiger charge is 2.65. The second-order valence-corrected chi connectivity index (χ2v) is 6.60. The molecule has 4 rings (SSSR count). The summed E-state index contributed by atoms with van der Waals surface area (Å²) in [5, 5.41) is 4.35. The van der Waals surface area contributed by atoms with E-state index in [1.54, 1.807) is 0 Å². The zero-order valence-corrected chi connectivity index (χ0v) is 11.3. The molecule has 0 aliphatic heterocycles. The number of nitrogen functional groups attached to an aromatic ring is 1. The Bertz CT molecular complexity index is 476. The van der Waals surface area contributed by atoms with Crippen molar-refractivity contribution in [3.8, 4) is 0 Å². The third kappa shape index (κ3) is 1.53. The third-order valence-electron chi connectivity index (χ3n) is 4.96. The summed E-state index contributed by atoms with van der Waals surface area (Å²) in [6, 6.07) is 2.51. The molecule has 3 aliphatic rings. The summed E-state index contributed by atoms with van der Waals surface area (Å²) in [6.07, 6.45) is 6.36. The van der Waals surface area contributed by atoms with Gasteiger partial charge in [-0.05, 0) is 49.2 Å². The SMILES string of the molecule is CSc1nc(N)cc(NC2C3C4CCC(C4)C23)n1. The monoisotopic (exact) mass is 262 g/mol. The largest absolute Gasteiger partial charge is 0.383 e. The van der Waals surface area contributed by atoms with Gasteiger partial charge in [-0.3, -0.25) is 0 Å². The molecule has 4 unspecified atom stereocenters. The fourth-order valence-corrected chi connectivity index (χ4v) is 4.68. The molecule has 2 bridgehead atoms. The fourth-order valence-electron chi connectivity index (χ4n) is 4.30. The maximum absolute atomic E-state index is 5.81. The lowest BCUT2D eigenvalue weighted by Gasteiger charge is -2.11. The molecule has 0 spiro atoms. The minimum absolute atomic E-state index is 0.561. The number of fused-ring (bicyclic) bond motifs is 5. The molecule has 1 aromatic heterocycles. The van der Waals surface area contributed by atoms with Gasteiger partial charge in [-0.25, -0.2) is 9.97 Å². The van der Waals surface area contributed by atoms with Crippen LogP contribution >= 0.6 is 11.8 Å². The van der Waals surface area contributed by atoms with Crippen LogP contribution in [0, 0.1) is 23.7 Å². The van der Waals surface area contributed by atoms with Crippen LogP contribution in [0.2, 0.25) is 0 Å². The van der Waals surface area contributed by atoms with Crippen LogP contribution in [0.5, 0.6) is 0 Å². The molecule has 4 atom stereocenters. The van der Waals surface area contributed by atoms with Crippen molar-refractivity contribution in [1.29, 1.82) is 0 Å². The van der Waals surface area contributed by atoms with E-state index in [1.807, 2.05) is 12.3 Å². The average molecular weight is 262 g/mol. The van der Waals surface area contributed by atoms with Crippen molar-refractivity contribution in [2.75, 3.05) is 17.3 Å². The van der Waals surface area contributed by atoms with E-state index in [-0.39, 0.29) is 0 Å². The van der Waals surface area contributed by atoms with E-state index in [4.69, 9.17) is 5.73 Å². The average Bonchev–Trinajstić information content (AvgIpc) is 2.76. The van der Waals surface area contributed by atoms with E-state index in [1.165, 1.54) is 31.0 Å². The van der Waals surface area contributed by atoms with Gasteiger partial charge in [0.25, 0.3) is 0 Å². The number of thioether (sulfide) groups is 1. The minimum Gasteiger partial charge on any atom is -0.383 e. The van der Waals surface area contributed by atoms with Gasteiger partial charge in [-0.1, -0.05) is 11.8 Å². The molecular formula is C13H18N4S. The molecule has 4 nitrogen and oxygen atoms in total.